The Hall–Kier alpha value is -2.68. The number of carbonyl (C=O) groups is 1. The lowest BCUT2D eigenvalue weighted by atomic mass is 10.1. The number of likely N-dealkylation sites (tertiary alicyclic amines) is 1. The van der Waals surface area contributed by atoms with Crippen molar-refractivity contribution in [2.45, 2.75) is 25.2 Å². The Morgan fingerprint density at radius 1 is 1.12 bits per heavy atom. The third kappa shape index (κ3) is 4.44. The van der Waals surface area contributed by atoms with Crippen molar-refractivity contribution in [3.63, 3.8) is 0 Å². The zero-order valence-electron chi connectivity index (χ0n) is 13.7. The van der Waals surface area contributed by atoms with Crippen LogP contribution in [-0.2, 0) is 11.3 Å². The van der Waals surface area contributed by atoms with Gasteiger partial charge in [-0.2, -0.15) is 0 Å². The molecule has 2 aromatic carbocycles. The SMILES string of the molecule is O=C(NO)[C@@H]1C[C@H](F)CN1Cc1ccc(C#Cc2ccccc2)cc1. The van der Waals surface area contributed by atoms with Crippen LogP contribution in [0.4, 0.5) is 4.39 Å². The highest BCUT2D eigenvalue weighted by Gasteiger charge is 2.36. The van der Waals surface area contributed by atoms with E-state index in [0.717, 1.165) is 16.7 Å². The van der Waals surface area contributed by atoms with Gasteiger partial charge in [0.2, 0.25) is 0 Å². The molecule has 5 heteroatoms. The van der Waals surface area contributed by atoms with Gasteiger partial charge in [0.25, 0.3) is 5.91 Å². The van der Waals surface area contributed by atoms with Crippen LogP contribution in [0.15, 0.2) is 54.6 Å². The van der Waals surface area contributed by atoms with Crippen LogP contribution in [-0.4, -0.2) is 34.8 Å². The molecule has 2 atom stereocenters. The van der Waals surface area contributed by atoms with Gasteiger partial charge in [-0.15, -0.1) is 0 Å². The van der Waals surface area contributed by atoms with Gasteiger partial charge in [-0.3, -0.25) is 14.9 Å². The average Bonchev–Trinajstić information content (AvgIpc) is 3.01. The van der Waals surface area contributed by atoms with Crippen LogP contribution >= 0.6 is 0 Å². The van der Waals surface area contributed by atoms with Gasteiger partial charge in [0.05, 0.1) is 6.04 Å². The van der Waals surface area contributed by atoms with E-state index in [9.17, 15) is 9.18 Å². The first-order valence-corrected chi connectivity index (χ1v) is 8.14. The minimum atomic E-state index is -1.06. The lowest BCUT2D eigenvalue weighted by Gasteiger charge is -2.22. The highest BCUT2D eigenvalue weighted by Crippen LogP contribution is 2.23. The van der Waals surface area contributed by atoms with Crippen molar-refractivity contribution >= 4 is 5.91 Å². The van der Waals surface area contributed by atoms with Gasteiger partial charge >= 0.3 is 0 Å². The molecule has 1 amide bonds. The highest BCUT2D eigenvalue weighted by atomic mass is 19.1. The molecule has 0 unspecified atom stereocenters. The van der Waals surface area contributed by atoms with Crippen LogP contribution < -0.4 is 5.48 Å². The number of halogens is 1. The van der Waals surface area contributed by atoms with E-state index in [1.807, 2.05) is 54.6 Å². The van der Waals surface area contributed by atoms with Gasteiger partial charge in [-0.1, -0.05) is 42.2 Å². The molecule has 0 saturated carbocycles. The van der Waals surface area contributed by atoms with Gasteiger partial charge in [-0.25, -0.2) is 9.87 Å². The second kappa shape index (κ2) is 7.93. The zero-order valence-corrected chi connectivity index (χ0v) is 13.7. The number of amides is 1. The number of carbonyl (C=O) groups excluding carboxylic acids is 1. The Morgan fingerprint density at radius 3 is 2.40 bits per heavy atom. The normalized spacial score (nSPS) is 19.9. The number of nitrogens with zero attached hydrogens (tertiary/aromatic N) is 1. The van der Waals surface area contributed by atoms with E-state index in [0.29, 0.717) is 6.54 Å². The third-order valence-corrected chi connectivity index (χ3v) is 4.23. The quantitative estimate of drug-likeness (QED) is 0.514. The second-order valence-corrected chi connectivity index (χ2v) is 6.07. The van der Waals surface area contributed by atoms with Crippen molar-refractivity contribution in [2.24, 2.45) is 0 Å². The number of rotatable bonds is 3. The number of hydrogen-bond donors (Lipinski definition) is 2. The highest BCUT2D eigenvalue weighted by molar-refractivity contribution is 5.81. The molecule has 1 fully saturated rings. The fourth-order valence-corrected chi connectivity index (χ4v) is 2.96. The van der Waals surface area contributed by atoms with Crippen molar-refractivity contribution in [3.05, 3.63) is 71.3 Å². The molecule has 0 spiro atoms. The van der Waals surface area contributed by atoms with E-state index in [1.54, 1.807) is 10.4 Å². The molecule has 2 N–H and O–H groups in total. The summed E-state index contributed by atoms with van der Waals surface area (Å²) in [5.41, 5.74) is 4.43. The maximum Gasteiger partial charge on any atom is 0.260 e. The summed E-state index contributed by atoms with van der Waals surface area (Å²) in [5.74, 6) is 5.64. The van der Waals surface area contributed by atoms with Crippen LogP contribution in [0, 0.1) is 11.8 Å². The van der Waals surface area contributed by atoms with Crippen molar-refractivity contribution in [1.82, 2.24) is 10.4 Å². The summed E-state index contributed by atoms with van der Waals surface area (Å²) in [4.78, 5) is 13.4. The summed E-state index contributed by atoms with van der Waals surface area (Å²) >= 11 is 0. The minimum Gasteiger partial charge on any atom is -0.289 e. The molecule has 2 aromatic rings. The predicted molar refractivity (Wildman–Crippen MR) is 92.5 cm³/mol. The summed E-state index contributed by atoms with van der Waals surface area (Å²) in [5, 5.41) is 8.79. The molecule has 0 aromatic heterocycles. The second-order valence-electron chi connectivity index (χ2n) is 6.07. The van der Waals surface area contributed by atoms with Gasteiger partial charge in [0.15, 0.2) is 0 Å². The third-order valence-electron chi connectivity index (χ3n) is 4.23. The van der Waals surface area contributed by atoms with E-state index >= 15 is 0 Å². The maximum atomic E-state index is 13.6. The summed E-state index contributed by atoms with van der Waals surface area (Å²) in [6.07, 6.45) is -0.953. The molecule has 1 heterocycles. The zero-order chi connectivity index (χ0) is 17.6. The Labute approximate surface area is 146 Å². The predicted octanol–water partition coefficient (Wildman–Crippen LogP) is 2.50. The molecule has 0 bridgehead atoms. The minimum absolute atomic E-state index is 0.104. The monoisotopic (exact) mass is 338 g/mol. The van der Waals surface area contributed by atoms with Gasteiger partial charge in [0.1, 0.15) is 6.17 Å². The Bertz CT molecular complexity index is 781. The largest absolute Gasteiger partial charge is 0.289 e. The molecule has 25 heavy (non-hydrogen) atoms. The molecular weight excluding hydrogens is 319 g/mol. The fourth-order valence-electron chi connectivity index (χ4n) is 2.96. The summed E-state index contributed by atoms with van der Waals surface area (Å²) in [6, 6.07) is 16.8. The van der Waals surface area contributed by atoms with Crippen LogP contribution in [0.1, 0.15) is 23.1 Å². The Balaban J connectivity index is 1.66. The first-order chi connectivity index (χ1) is 12.2. The van der Waals surface area contributed by atoms with Gasteiger partial charge in [-0.05, 0) is 29.8 Å². The number of alkyl halides is 1. The summed E-state index contributed by atoms with van der Waals surface area (Å²) < 4.78 is 13.6. The smallest absolute Gasteiger partial charge is 0.260 e. The Morgan fingerprint density at radius 2 is 1.76 bits per heavy atom. The summed E-state index contributed by atoms with van der Waals surface area (Å²) in [6.45, 7) is 0.637. The van der Waals surface area contributed by atoms with Gasteiger partial charge in [0, 0.05) is 30.6 Å². The van der Waals surface area contributed by atoms with Crippen molar-refractivity contribution in [1.29, 1.82) is 0 Å². The van der Waals surface area contributed by atoms with Gasteiger partial charge < -0.3 is 0 Å². The lowest BCUT2D eigenvalue weighted by molar-refractivity contribution is -0.134. The molecule has 0 radical (unpaired) electrons. The molecule has 1 aliphatic heterocycles. The Kier molecular flexibility index (Phi) is 5.44. The first kappa shape index (κ1) is 17.2. The lowest BCUT2D eigenvalue weighted by Crippen LogP contribution is -2.41. The average molecular weight is 338 g/mol. The molecular formula is C20H19FN2O2. The molecule has 128 valence electrons. The van der Waals surface area contributed by atoms with Crippen LogP contribution in [0.5, 0.6) is 0 Å². The standard InChI is InChI=1S/C20H19FN2O2/c21-18-12-19(20(24)22-25)23(14-18)13-17-10-8-16(9-11-17)7-6-15-4-2-1-3-5-15/h1-5,8-11,18-19,25H,12-14H2,(H,22,24)/t18-,19-/m0/s1. The molecule has 3 rings (SSSR count). The van der Waals surface area contributed by atoms with Crippen LogP contribution in [0.3, 0.4) is 0 Å². The number of hydrogen-bond acceptors (Lipinski definition) is 3. The van der Waals surface area contributed by atoms with E-state index in [1.165, 1.54) is 0 Å². The molecule has 0 aliphatic carbocycles. The van der Waals surface area contributed by atoms with E-state index in [2.05, 4.69) is 11.8 Å². The topological polar surface area (TPSA) is 52.6 Å². The number of hydroxylamine groups is 1. The van der Waals surface area contributed by atoms with Crippen molar-refractivity contribution in [3.8, 4) is 11.8 Å². The van der Waals surface area contributed by atoms with E-state index < -0.39 is 18.1 Å². The van der Waals surface area contributed by atoms with Crippen molar-refractivity contribution < 1.29 is 14.4 Å². The first-order valence-electron chi connectivity index (χ1n) is 8.14. The maximum absolute atomic E-state index is 13.6. The molecule has 1 aliphatic rings. The number of benzene rings is 2. The fraction of sp³-hybridized carbons (Fsp3) is 0.250. The van der Waals surface area contributed by atoms with Crippen LogP contribution in [0.2, 0.25) is 0 Å². The molecule has 1 saturated heterocycles. The number of nitrogens with one attached hydrogen (secondary N) is 1. The van der Waals surface area contributed by atoms with Crippen LogP contribution in [0.25, 0.3) is 0 Å². The van der Waals surface area contributed by atoms with E-state index in [4.69, 9.17) is 5.21 Å². The molecule has 4 nitrogen and oxygen atoms in total. The van der Waals surface area contributed by atoms with Crippen molar-refractivity contribution in [2.75, 3.05) is 6.54 Å². The summed E-state index contributed by atoms with van der Waals surface area (Å²) in [7, 11) is 0. The van der Waals surface area contributed by atoms with E-state index in [-0.39, 0.29) is 13.0 Å².